The third-order valence-electron chi connectivity index (χ3n) is 2.69. The molecule has 0 radical (unpaired) electrons. The largest absolute Gasteiger partial charge is 0.385 e. The Bertz CT molecular complexity index is 401. The van der Waals surface area contributed by atoms with Crippen molar-refractivity contribution in [2.24, 2.45) is 5.73 Å². The van der Waals surface area contributed by atoms with Crippen LogP contribution in [0.15, 0.2) is 12.1 Å². The summed E-state index contributed by atoms with van der Waals surface area (Å²) in [6.45, 7) is 3.11. The highest BCUT2D eigenvalue weighted by molar-refractivity contribution is 7.80. The zero-order valence-corrected chi connectivity index (χ0v) is 9.58. The van der Waals surface area contributed by atoms with Crippen LogP contribution in [0.4, 0.5) is 11.4 Å². The topological polar surface area (TPSA) is 50.1 Å². The minimum atomic E-state index is 0.331. The minimum absolute atomic E-state index is 0.331. The van der Waals surface area contributed by atoms with Crippen molar-refractivity contribution >= 4 is 28.7 Å². The molecule has 0 spiro atoms. The van der Waals surface area contributed by atoms with Crippen molar-refractivity contribution in [2.45, 2.75) is 19.8 Å². The molecule has 0 aromatic heterocycles. The first kappa shape index (κ1) is 10.2. The van der Waals surface area contributed by atoms with E-state index in [0.29, 0.717) is 5.11 Å². The Morgan fingerprint density at radius 1 is 1.53 bits per heavy atom. The van der Waals surface area contributed by atoms with Crippen LogP contribution in [0.25, 0.3) is 0 Å². The molecule has 0 unspecified atom stereocenters. The highest BCUT2D eigenvalue weighted by atomic mass is 32.1. The van der Waals surface area contributed by atoms with E-state index >= 15 is 0 Å². The van der Waals surface area contributed by atoms with E-state index in [1.54, 1.807) is 0 Å². The number of nitrogens with one attached hydrogen (secondary N) is 2. The van der Waals surface area contributed by atoms with Crippen molar-refractivity contribution < 1.29 is 0 Å². The molecule has 4 N–H and O–H groups in total. The molecule has 0 fully saturated rings. The predicted octanol–water partition coefficient (Wildman–Crippen LogP) is 2.01. The number of thiocarbonyl (C=S) groups is 1. The van der Waals surface area contributed by atoms with E-state index in [1.165, 1.54) is 16.8 Å². The van der Waals surface area contributed by atoms with Gasteiger partial charge in [0.05, 0.1) is 0 Å². The van der Waals surface area contributed by atoms with E-state index in [9.17, 15) is 0 Å². The Morgan fingerprint density at radius 3 is 3.07 bits per heavy atom. The van der Waals surface area contributed by atoms with Crippen molar-refractivity contribution in [1.82, 2.24) is 0 Å². The maximum Gasteiger partial charge on any atom is 0.168 e. The van der Waals surface area contributed by atoms with Crippen LogP contribution in [0.5, 0.6) is 0 Å². The molecule has 0 amide bonds. The van der Waals surface area contributed by atoms with Gasteiger partial charge in [-0.25, -0.2) is 0 Å². The average Bonchev–Trinajstić information content (AvgIpc) is 2.22. The molecule has 2 rings (SSSR count). The standard InChI is InChI=1S/C11H15N3S/c1-7-4-5-9-8(3-2-6-13-9)10(7)14-11(12)15/h4-5,13H,2-3,6H2,1H3,(H3,12,14,15). The van der Waals surface area contributed by atoms with Crippen LogP contribution in [0.1, 0.15) is 17.5 Å². The summed E-state index contributed by atoms with van der Waals surface area (Å²) in [7, 11) is 0. The second kappa shape index (κ2) is 4.06. The molecule has 4 heteroatoms. The number of nitrogens with two attached hydrogens (primary N) is 1. The summed E-state index contributed by atoms with van der Waals surface area (Å²) in [5, 5.41) is 6.78. The van der Waals surface area contributed by atoms with Gasteiger partial charge in [0.15, 0.2) is 5.11 Å². The smallest absolute Gasteiger partial charge is 0.168 e. The Balaban J connectivity index is 2.45. The molecule has 1 aliphatic heterocycles. The Morgan fingerprint density at radius 2 is 2.33 bits per heavy atom. The molecule has 80 valence electrons. The fraction of sp³-hybridized carbons (Fsp3) is 0.364. The van der Waals surface area contributed by atoms with Gasteiger partial charge in [-0.05, 0) is 49.2 Å². The van der Waals surface area contributed by atoms with Gasteiger partial charge in [-0.15, -0.1) is 0 Å². The van der Waals surface area contributed by atoms with Gasteiger partial charge in [0.1, 0.15) is 0 Å². The molecule has 0 saturated carbocycles. The van der Waals surface area contributed by atoms with E-state index in [-0.39, 0.29) is 0 Å². The quantitative estimate of drug-likeness (QED) is 0.635. The zero-order chi connectivity index (χ0) is 10.8. The Hall–Kier alpha value is -1.29. The lowest BCUT2D eigenvalue weighted by atomic mass is 9.98. The molecule has 1 heterocycles. The SMILES string of the molecule is Cc1ccc2c(c1NC(N)=S)CCCN2. The summed E-state index contributed by atoms with van der Waals surface area (Å²) in [4.78, 5) is 0. The summed E-state index contributed by atoms with van der Waals surface area (Å²) in [6, 6.07) is 4.20. The summed E-state index contributed by atoms with van der Waals surface area (Å²) in [5.74, 6) is 0. The maximum atomic E-state index is 5.53. The van der Waals surface area contributed by atoms with Gasteiger partial charge in [0.2, 0.25) is 0 Å². The fourth-order valence-corrected chi connectivity index (χ4v) is 2.08. The third-order valence-corrected chi connectivity index (χ3v) is 2.79. The van der Waals surface area contributed by atoms with Crippen LogP contribution in [-0.4, -0.2) is 11.7 Å². The molecular formula is C11H15N3S. The van der Waals surface area contributed by atoms with E-state index in [0.717, 1.165) is 25.1 Å². The van der Waals surface area contributed by atoms with E-state index in [1.807, 2.05) is 0 Å². The third kappa shape index (κ3) is 2.04. The summed E-state index contributed by atoms with van der Waals surface area (Å²) >= 11 is 4.89. The van der Waals surface area contributed by atoms with Crippen LogP contribution >= 0.6 is 12.2 Å². The molecule has 0 saturated heterocycles. The normalized spacial score (nSPS) is 13.9. The van der Waals surface area contributed by atoms with Gasteiger partial charge in [-0.2, -0.15) is 0 Å². The molecule has 1 aromatic rings. The number of rotatable bonds is 1. The molecule has 0 bridgehead atoms. The molecule has 0 atom stereocenters. The van der Waals surface area contributed by atoms with Crippen molar-refractivity contribution in [1.29, 1.82) is 0 Å². The predicted molar refractivity (Wildman–Crippen MR) is 68.4 cm³/mol. The Labute approximate surface area is 95.0 Å². The van der Waals surface area contributed by atoms with Crippen LogP contribution in [0.2, 0.25) is 0 Å². The lowest BCUT2D eigenvalue weighted by Gasteiger charge is -2.22. The number of benzene rings is 1. The number of aryl methyl sites for hydroxylation is 1. The van der Waals surface area contributed by atoms with E-state index < -0.39 is 0 Å². The number of hydrogen-bond acceptors (Lipinski definition) is 2. The highest BCUT2D eigenvalue weighted by Crippen LogP contribution is 2.31. The van der Waals surface area contributed by atoms with Crippen molar-refractivity contribution in [3.63, 3.8) is 0 Å². The first-order valence-corrected chi connectivity index (χ1v) is 5.52. The summed E-state index contributed by atoms with van der Waals surface area (Å²) < 4.78 is 0. The van der Waals surface area contributed by atoms with Gasteiger partial charge in [-0.3, -0.25) is 0 Å². The monoisotopic (exact) mass is 221 g/mol. The van der Waals surface area contributed by atoms with E-state index in [2.05, 4.69) is 29.7 Å². The van der Waals surface area contributed by atoms with Gasteiger partial charge in [0, 0.05) is 17.9 Å². The van der Waals surface area contributed by atoms with Gasteiger partial charge >= 0.3 is 0 Å². The Kier molecular flexibility index (Phi) is 2.77. The van der Waals surface area contributed by atoms with Gasteiger partial charge in [0.25, 0.3) is 0 Å². The van der Waals surface area contributed by atoms with E-state index in [4.69, 9.17) is 18.0 Å². The van der Waals surface area contributed by atoms with Crippen LogP contribution in [0.3, 0.4) is 0 Å². The lowest BCUT2D eigenvalue weighted by Crippen LogP contribution is -2.22. The number of hydrogen-bond donors (Lipinski definition) is 3. The van der Waals surface area contributed by atoms with Crippen molar-refractivity contribution in [3.05, 3.63) is 23.3 Å². The second-order valence-corrected chi connectivity index (χ2v) is 4.24. The zero-order valence-electron chi connectivity index (χ0n) is 8.76. The summed E-state index contributed by atoms with van der Waals surface area (Å²) in [5.41, 5.74) is 10.3. The van der Waals surface area contributed by atoms with Crippen molar-refractivity contribution in [3.8, 4) is 0 Å². The first-order valence-electron chi connectivity index (χ1n) is 5.11. The molecule has 3 nitrogen and oxygen atoms in total. The maximum absolute atomic E-state index is 5.53. The van der Waals surface area contributed by atoms with Gasteiger partial charge in [-0.1, -0.05) is 6.07 Å². The summed E-state index contributed by atoms with van der Waals surface area (Å²) in [6.07, 6.45) is 2.23. The second-order valence-electron chi connectivity index (χ2n) is 3.80. The van der Waals surface area contributed by atoms with Crippen LogP contribution < -0.4 is 16.4 Å². The molecular weight excluding hydrogens is 206 g/mol. The minimum Gasteiger partial charge on any atom is -0.385 e. The molecule has 0 aliphatic carbocycles. The van der Waals surface area contributed by atoms with Crippen LogP contribution in [-0.2, 0) is 6.42 Å². The number of anilines is 2. The first-order chi connectivity index (χ1) is 7.18. The number of fused-ring (bicyclic) bond motifs is 1. The van der Waals surface area contributed by atoms with Crippen molar-refractivity contribution in [2.75, 3.05) is 17.2 Å². The lowest BCUT2D eigenvalue weighted by molar-refractivity contribution is 0.831. The van der Waals surface area contributed by atoms with Gasteiger partial charge < -0.3 is 16.4 Å². The molecule has 1 aliphatic rings. The molecule has 1 aromatic carbocycles. The molecule has 15 heavy (non-hydrogen) atoms. The average molecular weight is 221 g/mol. The highest BCUT2D eigenvalue weighted by Gasteiger charge is 2.14. The fourth-order valence-electron chi connectivity index (χ4n) is 1.98. The van der Waals surface area contributed by atoms with Crippen LogP contribution in [0, 0.1) is 6.92 Å².